The maximum atomic E-state index is 13.2. The Bertz CT molecular complexity index is 3890. The second kappa shape index (κ2) is 32.4. The minimum absolute atomic E-state index is 0. The summed E-state index contributed by atoms with van der Waals surface area (Å²) in [5.41, 5.74) is 18.5. The second-order valence-electron chi connectivity index (χ2n) is 20.4. The molecule has 4 aromatic heterocycles. The van der Waals surface area contributed by atoms with E-state index >= 15 is 0 Å². The zero-order valence-corrected chi connectivity index (χ0v) is 51.7. The Morgan fingerprint density at radius 3 is 1.18 bits per heavy atom. The predicted molar refractivity (Wildman–Crippen MR) is 369 cm³/mol. The highest BCUT2D eigenvalue weighted by Crippen LogP contribution is 2.40. The minimum atomic E-state index is -0.963. The van der Waals surface area contributed by atoms with Gasteiger partial charge >= 0.3 is 18.0 Å². The van der Waals surface area contributed by atoms with Gasteiger partial charge in [0.25, 0.3) is 23.4 Å². The Morgan fingerprint density at radius 1 is 0.539 bits per heavy atom. The third-order valence-electron chi connectivity index (χ3n) is 14.2. The number of carbonyl (C=O) groups excluding carboxylic acids is 7. The van der Waals surface area contributed by atoms with Gasteiger partial charge in [0.15, 0.2) is 0 Å². The number of likely N-dealkylation sites (tertiary alicyclic amines) is 3. The molecule has 3 fully saturated rings. The number of rotatable bonds is 9. The molecule has 89 heavy (non-hydrogen) atoms. The number of nitrogens with zero attached hydrogens (tertiary/aromatic N) is 4. The third kappa shape index (κ3) is 17.8. The first-order chi connectivity index (χ1) is 42.1. The van der Waals surface area contributed by atoms with Gasteiger partial charge in [-0.1, -0.05) is 80.2 Å². The van der Waals surface area contributed by atoms with Crippen LogP contribution < -0.4 is 38.5 Å². The van der Waals surface area contributed by atoms with Crippen molar-refractivity contribution < 1.29 is 43.5 Å². The molecule has 0 atom stereocenters. The maximum Gasteiger partial charge on any atom is 0.339 e. The van der Waals surface area contributed by atoms with Crippen LogP contribution >= 0.6 is 45.3 Å². The van der Waals surface area contributed by atoms with Crippen molar-refractivity contribution in [2.75, 3.05) is 74.5 Å². The van der Waals surface area contributed by atoms with E-state index in [0.29, 0.717) is 128 Å². The Kier molecular flexibility index (Phi) is 25.5. The number of urea groups is 2. The van der Waals surface area contributed by atoms with Crippen molar-refractivity contribution in [3.8, 4) is 0 Å². The summed E-state index contributed by atoms with van der Waals surface area (Å²) in [6, 6.07) is 29.6. The number of benzene rings is 4. The summed E-state index contributed by atoms with van der Waals surface area (Å²) in [7, 11) is 19.9. The van der Waals surface area contributed by atoms with Gasteiger partial charge in [-0.2, -0.15) is 0 Å². The topological polar surface area (TPSA) is 297 Å². The Labute approximate surface area is 538 Å². The van der Waals surface area contributed by atoms with Crippen molar-refractivity contribution in [2.24, 2.45) is 5.73 Å². The first-order valence-corrected chi connectivity index (χ1v) is 31.4. The molecule has 0 spiro atoms. The summed E-state index contributed by atoms with van der Waals surface area (Å²) in [4.78, 5) is 105. The Balaban J connectivity index is 0.000000187. The summed E-state index contributed by atoms with van der Waals surface area (Å²) in [6.07, 6.45) is 1.41. The number of carboxylic acids is 1. The van der Waals surface area contributed by atoms with E-state index in [1.807, 2.05) is 98.8 Å². The molecule has 8 radical (unpaired) electrons. The molecule has 7 amide bonds. The number of nitrogens with one attached hydrogen (secondary N) is 4. The monoisotopic (exact) mass is 1270 g/mol. The van der Waals surface area contributed by atoms with Gasteiger partial charge in [0.05, 0.1) is 34.5 Å². The normalized spacial score (nSPS) is 14.1. The molecule has 11 N–H and O–H groups in total. The fourth-order valence-electron chi connectivity index (χ4n) is 9.48. The zero-order valence-electron chi connectivity index (χ0n) is 48.5. The van der Waals surface area contributed by atoms with Gasteiger partial charge in [-0.25, -0.2) is 21.0 Å². The highest BCUT2D eigenvalue weighted by molar-refractivity contribution is 7.76. The molecular formula is C59H65B6N11O9S4. The van der Waals surface area contributed by atoms with E-state index in [0.717, 1.165) is 40.3 Å². The molecule has 11 rings (SSSR count). The first kappa shape index (κ1) is 70.0. The molecule has 3 aliphatic heterocycles. The number of Topliss-reactive ketones (excluding diaryl/α,β-unsaturated/α-hetero) is 2. The lowest BCUT2D eigenvalue weighted by atomic mass is 8.81. The summed E-state index contributed by atoms with van der Waals surface area (Å²) in [5.74, 6) is -0.868. The molecule has 8 aromatic rings. The Hall–Kier alpha value is -8.08. The molecule has 452 valence electrons. The molecule has 20 nitrogen and oxygen atoms in total. The molecule has 3 aliphatic rings. The fraction of sp³-hybridized carbons (Fsp3) is 0.305. The molecule has 0 aliphatic carbocycles. The lowest BCUT2D eigenvalue weighted by Crippen LogP contribution is -2.49. The van der Waals surface area contributed by atoms with E-state index in [4.69, 9.17) is 59.8 Å². The van der Waals surface area contributed by atoms with Crippen molar-refractivity contribution in [2.45, 2.75) is 65.5 Å². The van der Waals surface area contributed by atoms with Crippen molar-refractivity contribution >= 4 is 197 Å². The van der Waals surface area contributed by atoms with Crippen LogP contribution in [0.4, 0.5) is 29.6 Å². The SMILES string of the molecule is C.CCNC(=O)Nc1sc2ccccc2c1C(=O)N1CCC(=O)CC1.Nc1sc2ccccc2c1C(=O)N1CCC(=O)CC1.Nc1sc2ccccc2c1C(=O)O.[B]B([B])B([B])[B].[C-]#[N+]C1(N)CCN(C(=O)c2c(NC(=O)NCC)sc3ccccc23)CC1. The van der Waals surface area contributed by atoms with Gasteiger partial charge in [-0.05, 0) is 38.1 Å². The largest absolute Gasteiger partial charge is 0.478 e. The number of amides is 7. The van der Waals surface area contributed by atoms with Crippen molar-refractivity contribution in [3.63, 3.8) is 0 Å². The number of aromatic carboxylic acids is 1. The number of fused-ring (bicyclic) bond motifs is 4. The number of carboxylic acid groups (broad SMARTS) is 1. The van der Waals surface area contributed by atoms with Crippen LogP contribution in [0.25, 0.3) is 45.2 Å². The molecule has 30 heteroatoms. The lowest BCUT2D eigenvalue weighted by Gasteiger charge is -2.31. The van der Waals surface area contributed by atoms with Gasteiger partial charge in [-0.3, -0.25) is 45.2 Å². The van der Waals surface area contributed by atoms with Crippen LogP contribution in [0.1, 0.15) is 101 Å². The van der Waals surface area contributed by atoms with E-state index in [-0.39, 0.29) is 54.3 Å². The molecule has 0 unspecified atom stereocenters. The van der Waals surface area contributed by atoms with Crippen molar-refractivity contribution in [3.05, 3.63) is 131 Å². The molecule has 7 heterocycles. The molecule has 0 bridgehead atoms. The summed E-state index contributed by atoms with van der Waals surface area (Å²) >= 11 is 5.51. The lowest BCUT2D eigenvalue weighted by molar-refractivity contribution is -0.121. The van der Waals surface area contributed by atoms with E-state index in [2.05, 4.69) is 26.1 Å². The van der Waals surface area contributed by atoms with E-state index in [9.17, 15) is 38.4 Å². The van der Waals surface area contributed by atoms with Crippen LogP contribution in [-0.2, 0) is 9.59 Å². The minimum Gasteiger partial charge on any atom is -0.478 e. The molecule has 4 aromatic carbocycles. The number of anilines is 4. The van der Waals surface area contributed by atoms with Crippen LogP contribution in [-0.4, -0.2) is 169 Å². The number of ketones is 2. The summed E-state index contributed by atoms with van der Waals surface area (Å²) < 4.78 is 3.82. The van der Waals surface area contributed by atoms with Crippen LogP contribution in [0.15, 0.2) is 97.1 Å². The average molecular weight is 1270 g/mol. The van der Waals surface area contributed by atoms with Crippen molar-refractivity contribution in [1.82, 2.24) is 25.3 Å². The summed E-state index contributed by atoms with van der Waals surface area (Å²) in [5, 5.41) is 25.1. The van der Waals surface area contributed by atoms with Crippen LogP contribution in [0.2, 0.25) is 0 Å². The van der Waals surface area contributed by atoms with Gasteiger partial charge < -0.3 is 41.9 Å². The van der Waals surface area contributed by atoms with E-state index < -0.39 is 24.4 Å². The van der Waals surface area contributed by atoms with Gasteiger partial charge in [0.1, 0.15) is 32.1 Å². The quantitative estimate of drug-likeness (QED) is 0.0498. The molecular weight excluding hydrogens is 1200 g/mol. The van der Waals surface area contributed by atoms with Crippen LogP contribution in [0.3, 0.4) is 0 Å². The average Bonchev–Trinajstić information content (AvgIpc) is 1.89. The molecule has 3 saturated heterocycles. The number of nitrogen functional groups attached to an aromatic ring is 2. The molecule has 0 saturated carbocycles. The number of piperidine rings is 3. The number of hydrogen-bond acceptors (Lipinski definition) is 15. The van der Waals surface area contributed by atoms with Crippen molar-refractivity contribution in [1.29, 1.82) is 0 Å². The predicted octanol–water partition coefficient (Wildman–Crippen LogP) is 8.52. The fourth-order valence-corrected chi connectivity index (χ4v) is 13.6. The number of hydrogen-bond donors (Lipinski definition) is 8. The highest BCUT2D eigenvalue weighted by Gasteiger charge is 2.39. The summed E-state index contributed by atoms with van der Waals surface area (Å²) in [6.45, 7) is 14.6. The number of thiophene rings is 4. The van der Waals surface area contributed by atoms with Crippen LogP contribution in [0, 0.1) is 6.57 Å². The Morgan fingerprint density at radius 2 is 0.843 bits per heavy atom. The second-order valence-corrected chi connectivity index (χ2v) is 24.6. The van der Waals surface area contributed by atoms with Gasteiger partial charge in [-0.15, -0.1) is 45.3 Å². The van der Waals surface area contributed by atoms with E-state index in [1.54, 1.807) is 26.8 Å². The maximum absolute atomic E-state index is 13.2. The third-order valence-corrected chi connectivity index (χ3v) is 18.4. The smallest absolute Gasteiger partial charge is 0.339 e. The van der Waals surface area contributed by atoms with Gasteiger partial charge in [0, 0.05) is 162 Å². The van der Waals surface area contributed by atoms with Gasteiger partial charge in [0.2, 0.25) is 0 Å². The van der Waals surface area contributed by atoms with Crippen LogP contribution in [0.5, 0.6) is 0 Å². The highest BCUT2D eigenvalue weighted by atomic mass is 32.1. The number of carbonyl (C=O) groups is 8. The zero-order chi connectivity index (χ0) is 63.8. The standard InChI is InChI=1S/C18H21N5O2S.C17H19N3O3S.C14H14N2O2S.C9H7NO2S.CH4.B6/c1-3-21-17(25)22-15-14(12-6-4-5-7-13(12)26-15)16(24)23-10-8-18(19,20-2)9-11-23;1-2-18-17(23)19-15-14(12-5-3-4-6-13(12)24-15)16(22)20-9-7-11(21)8-10-20;15-13-12(10-3-1-2-4-11(10)19-13)14(18)16-7-5-9(17)6-8-16;10-8-7(9(11)12)5-3-1-2-4-6(5)13-8;;1-5(2)6(3)4/h4-7H,3,8-11,19H2,1H3,(H2,21,22,25);3-6H,2,7-10H2,1H3,(H2,18,19,23);1-4H,5-8,15H2;1-4H,10H2,(H,11,12);1H4;. The van der Waals surface area contributed by atoms with E-state index in [1.165, 1.54) is 45.3 Å². The number of nitrogens with two attached hydrogens (primary N) is 3. The first-order valence-electron chi connectivity index (χ1n) is 28.1.